The maximum atomic E-state index is 11.4. The smallest absolute Gasteiger partial charge is 0.246 e. The molecule has 0 spiro atoms. The van der Waals surface area contributed by atoms with Gasteiger partial charge in [0.1, 0.15) is 0 Å². The summed E-state index contributed by atoms with van der Waals surface area (Å²) in [6.45, 7) is 11.4. The van der Waals surface area contributed by atoms with Crippen LogP contribution in [0.3, 0.4) is 0 Å². The van der Waals surface area contributed by atoms with Crippen molar-refractivity contribution in [3.05, 3.63) is 94.7 Å². The molecule has 0 aliphatic heterocycles. The lowest BCUT2D eigenvalue weighted by atomic mass is 10.0. The lowest BCUT2D eigenvalue weighted by molar-refractivity contribution is -0.114. The Kier molecular flexibility index (Phi) is 9.67. The predicted molar refractivity (Wildman–Crippen MR) is 139 cm³/mol. The van der Waals surface area contributed by atoms with Crippen LogP contribution in [-0.4, -0.2) is 11.6 Å². The number of benzene rings is 2. The second kappa shape index (κ2) is 12.2. The Morgan fingerprint density at radius 1 is 1.19 bits per heavy atom. The van der Waals surface area contributed by atoms with Crippen LogP contribution >= 0.6 is 11.6 Å². The summed E-state index contributed by atoms with van der Waals surface area (Å²) in [6.07, 6.45) is 8.54. The third kappa shape index (κ3) is 7.06. The van der Waals surface area contributed by atoms with E-state index in [1.165, 1.54) is 16.3 Å². The summed E-state index contributed by atoms with van der Waals surface area (Å²) in [5.74, 6) is -0.0560. The molecule has 1 aliphatic carbocycles. The Balaban J connectivity index is 0.000000255. The molecule has 2 aromatic carbocycles. The minimum absolute atomic E-state index is 0.356. The summed E-state index contributed by atoms with van der Waals surface area (Å²) >= 11 is 5.97. The summed E-state index contributed by atoms with van der Waals surface area (Å²) in [6, 6.07) is 15.0. The molecule has 1 aliphatic rings. The lowest BCUT2D eigenvalue weighted by Gasteiger charge is -2.07. The van der Waals surface area contributed by atoms with E-state index in [1.54, 1.807) is 19.1 Å². The van der Waals surface area contributed by atoms with Crippen LogP contribution < -0.4 is 5.73 Å². The van der Waals surface area contributed by atoms with Gasteiger partial charge in [0.25, 0.3) is 0 Å². The van der Waals surface area contributed by atoms with E-state index in [0.717, 1.165) is 36.2 Å². The van der Waals surface area contributed by atoms with E-state index < -0.39 is 5.91 Å². The van der Waals surface area contributed by atoms with Gasteiger partial charge < -0.3 is 5.73 Å². The highest BCUT2D eigenvalue weighted by molar-refractivity contribution is 6.31. The van der Waals surface area contributed by atoms with Gasteiger partial charge in [0.2, 0.25) is 5.91 Å². The predicted octanol–water partition coefficient (Wildman–Crippen LogP) is 7.27. The number of hydrogen-bond donors (Lipinski definition) is 1. The maximum Gasteiger partial charge on any atom is 0.246 e. The number of aryl methyl sites for hydroxylation is 1. The van der Waals surface area contributed by atoms with Gasteiger partial charge in [-0.3, -0.25) is 9.79 Å². The van der Waals surface area contributed by atoms with E-state index in [-0.39, 0.29) is 0 Å². The molecule has 2 aromatic rings. The number of nitrogens with two attached hydrogens (primary N) is 1. The molecule has 1 fully saturated rings. The SMILES string of the molecule is C=C\C(Cl)=C/C(=C\C)C(/C)=N/C(=C(\C)C(N)=O)C1CC1.CCc1cccc2ccccc12. The first-order valence-electron chi connectivity index (χ1n) is 11.0. The molecule has 0 heterocycles. The Morgan fingerprint density at radius 2 is 1.84 bits per heavy atom. The van der Waals surface area contributed by atoms with Crippen molar-refractivity contribution in [1.29, 1.82) is 0 Å². The number of allylic oxidation sites excluding steroid dienone is 6. The van der Waals surface area contributed by atoms with Gasteiger partial charge in [-0.15, -0.1) is 0 Å². The standard InChI is InChI=1S/C16H21ClN2O.C12H12/c1-5-12(9-14(17)6-2)11(4)19-15(13-7-8-13)10(3)16(18)20;1-2-10-7-5-8-11-6-3-4-9-12(10)11/h5-6,9,13H,2,7-8H2,1,3-4H3,(H2,18,20);3-9H,2H2,1H3/b12-5+,14-9+,15-10+,19-11+;. The molecule has 0 atom stereocenters. The lowest BCUT2D eigenvalue weighted by Crippen LogP contribution is -2.14. The molecule has 3 nitrogen and oxygen atoms in total. The fourth-order valence-electron chi connectivity index (χ4n) is 3.41. The summed E-state index contributed by atoms with van der Waals surface area (Å²) in [4.78, 5) is 16.0. The average molecular weight is 449 g/mol. The number of aliphatic imine (C=N–C) groups is 1. The minimum atomic E-state index is -0.412. The van der Waals surface area contributed by atoms with Gasteiger partial charge in [0.05, 0.1) is 5.70 Å². The van der Waals surface area contributed by atoms with Crippen LogP contribution in [0.25, 0.3) is 10.8 Å². The Morgan fingerprint density at radius 3 is 2.41 bits per heavy atom. The van der Waals surface area contributed by atoms with E-state index in [2.05, 4.69) is 61.0 Å². The molecule has 168 valence electrons. The molecule has 1 saturated carbocycles. The second-order valence-electron chi connectivity index (χ2n) is 7.82. The molecule has 0 unspecified atom stereocenters. The van der Waals surface area contributed by atoms with Gasteiger partial charge in [0.15, 0.2) is 0 Å². The molecular formula is C28H33ClN2O. The molecule has 0 radical (unpaired) electrons. The fourth-order valence-corrected chi connectivity index (χ4v) is 3.53. The van der Waals surface area contributed by atoms with Gasteiger partial charge in [-0.05, 0) is 68.0 Å². The number of primary amides is 1. The van der Waals surface area contributed by atoms with Crippen molar-refractivity contribution in [2.24, 2.45) is 16.6 Å². The van der Waals surface area contributed by atoms with E-state index >= 15 is 0 Å². The zero-order chi connectivity index (χ0) is 23.7. The van der Waals surface area contributed by atoms with Crippen molar-refractivity contribution >= 4 is 34.0 Å². The molecule has 4 heteroatoms. The number of hydrogen-bond acceptors (Lipinski definition) is 2. The van der Waals surface area contributed by atoms with Crippen molar-refractivity contribution in [2.75, 3.05) is 0 Å². The molecule has 32 heavy (non-hydrogen) atoms. The Hall–Kier alpha value is -2.91. The molecule has 0 aromatic heterocycles. The van der Waals surface area contributed by atoms with Crippen LogP contribution in [-0.2, 0) is 11.2 Å². The molecule has 2 N–H and O–H groups in total. The van der Waals surface area contributed by atoms with Crippen LogP contribution in [0.1, 0.15) is 46.1 Å². The first-order valence-corrected chi connectivity index (χ1v) is 11.4. The van der Waals surface area contributed by atoms with E-state index in [1.807, 2.05) is 19.9 Å². The third-order valence-corrected chi connectivity index (χ3v) is 5.75. The third-order valence-electron chi connectivity index (χ3n) is 5.48. The largest absolute Gasteiger partial charge is 0.366 e. The topological polar surface area (TPSA) is 55.4 Å². The maximum absolute atomic E-state index is 11.4. The summed E-state index contributed by atoms with van der Waals surface area (Å²) in [7, 11) is 0. The monoisotopic (exact) mass is 448 g/mol. The van der Waals surface area contributed by atoms with Crippen LogP contribution in [0.15, 0.2) is 94.1 Å². The van der Waals surface area contributed by atoms with Gasteiger partial charge >= 0.3 is 0 Å². The minimum Gasteiger partial charge on any atom is -0.366 e. The number of rotatable bonds is 7. The van der Waals surface area contributed by atoms with Crippen LogP contribution in [0.2, 0.25) is 0 Å². The van der Waals surface area contributed by atoms with Crippen molar-refractivity contribution in [2.45, 2.75) is 47.0 Å². The van der Waals surface area contributed by atoms with Crippen molar-refractivity contribution < 1.29 is 4.79 Å². The van der Waals surface area contributed by atoms with Crippen molar-refractivity contribution in [3.63, 3.8) is 0 Å². The first-order chi connectivity index (χ1) is 15.3. The molecule has 3 rings (SSSR count). The average Bonchev–Trinajstić information content (AvgIpc) is 3.65. The number of nitrogens with zero attached hydrogens (tertiary/aromatic N) is 1. The molecule has 0 saturated heterocycles. The first kappa shape index (κ1) is 25.4. The number of amides is 1. The van der Waals surface area contributed by atoms with Crippen LogP contribution in [0.4, 0.5) is 0 Å². The summed E-state index contributed by atoms with van der Waals surface area (Å²) in [5, 5.41) is 3.29. The Labute approximate surface area is 197 Å². The van der Waals surface area contributed by atoms with Crippen LogP contribution in [0.5, 0.6) is 0 Å². The van der Waals surface area contributed by atoms with E-state index in [0.29, 0.717) is 16.5 Å². The Bertz CT molecular complexity index is 1100. The zero-order valence-electron chi connectivity index (χ0n) is 19.5. The van der Waals surface area contributed by atoms with Gasteiger partial charge in [-0.25, -0.2) is 0 Å². The summed E-state index contributed by atoms with van der Waals surface area (Å²) in [5.41, 5.74) is 9.87. The van der Waals surface area contributed by atoms with Gasteiger partial charge in [-0.2, -0.15) is 0 Å². The number of halogens is 1. The van der Waals surface area contributed by atoms with Gasteiger partial charge in [0, 0.05) is 22.2 Å². The highest BCUT2D eigenvalue weighted by Gasteiger charge is 2.29. The number of carbonyl (C=O) groups is 1. The molecule has 1 amide bonds. The van der Waals surface area contributed by atoms with Crippen molar-refractivity contribution in [1.82, 2.24) is 0 Å². The number of carbonyl (C=O) groups excluding carboxylic acids is 1. The fraction of sp³-hybridized carbons (Fsp3) is 0.286. The number of fused-ring (bicyclic) bond motifs is 1. The van der Waals surface area contributed by atoms with Crippen molar-refractivity contribution in [3.8, 4) is 0 Å². The van der Waals surface area contributed by atoms with Gasteiger partial charge in [-0.1, -0.05) is 79.7 Å². The highest BCUT2D eigenvalue weighted by Crippen LogP contribution is 2.39. The highest BCUT2D eigenvalue weighted by atomic mass is 35.5. The zero-order valence-corrected chi connectivity index (χ0v) is 20.2. The molecule has 0 bridgehead atoms. The quantitative estimate of drug-likeness (QED) is 0.270. The molecular weight excluding hydrogens is 416 g/mol. The van der Waals surface area contributed by atoms with Crippen LogP contribution in [0, 0.1) is 5.92 Å². The summed E-state index contributed by atoms with van der Waals surface area (Å²) < 4.78 is 0. The second-order valence-corrected chi connectivity index (χ2v) is 8.25. The van der Waals surface area contributed by atoms with E-state index in [9.17, 15) is 4.79 Å². The normalized spacial score (nSPS) is 15.6. The van der Waals surface area contributed by atoms with E-state index in [4.69, 9.17) is 17.3 Å².